The summed E-state index contributed by atoms with van der Waals surface area (Å²) in [6, 6.07) is 22.6. The number of fused-ring (bicyclic) bond motifs is 2. The highest BCUT2D eigenvalue weighted by atomic mass is 16.6. The van der Waals surface area contributed by atoms with Gasteiger partial charge in [-0.1, -0.05) is 74.2 Å². The molecule has 0 spiro atoms. The van der Waals surface area contributed by atoms with Crippen molar-refractivity contribution >= 4 is 22.8 Å². The van der Waals surface area contributed by atoms with Gasteiger partial charge in [0.1, 0.15) is 11.8 Å². The Morgan fingerprint density at radius 2 is 1.73 bits per heavy atom. The molecule has 3 aromatic carbocycles. The Hall–Kier alpha value is -4.28. The molecular formula is C30H36N6O4. The van der Waals surface area contributed by atoms with Crippen molar-refractivity contribution in [1.82, 2.24) is 25.0 Å². The molecule has 0 fully saturated rings. The van der Waals surface area contributed by atoms with E-state index in [1.54, 1.807) is 24.8 Å². The predicted octanol–water partition coefficient (Wildman–Crippen LogP) is 4.19. The number of amides is 2. The second-order valence-corrected chi connectivity index (χ2v) is 10.1. The normalized spacial score (nSPS) is 13.7. The van der Waals surface area contributed by atoms with Crippen LogP contribution in [0.1, 0.15) is 44.5 Å². The zero-order chi connectivity index (χ0) is 27.4. The van der Waals surface area contributed by atoms with E-state index in [1.165, 1.54) is 0 Å². The molecule has 3 N–H and O–H groups in total. The van der Waals surface area contributed by atoms with Gasteiger partial charge in [-0.2, -0.15) is 0 Å². The number of nitrogens with zero attached hydrogens (tertiary/aromatic N) is 4. The van der Waals surface area contributed by atoms with Crippen LogP contribution in [0.15, 0.2) is 72.8 Å². The molecule has 0 radical (unpaired) electrons. The highest BCUT2D eigenvalue weighted by Gasteiger charge is 2.32. The van der Waals surface area contributed by atoms with Crippen molar-refractivity contribution in [2.45, 2.75) is 52.6 Å². The van der Waals surface area contributed by atoms with Gasteiger partial charge in [-0.25, -0.2) is 4.79 Å². The van der Waals surface area contributed by atoms with E-state index in [0.717, 1.165) is 16.3 Å². The van der Waals surface area contributed by atoms with Crippen LogP contribution in [0.3, 0.4) is 0 Å². The van der Waals surface area contributed by atoms with Crippen LogP contribution in [0.4, 0.5) is 4.79 Å². The molecule has 0 unspecified atom stereocenters. The third kappa shape index (κ3) is 6.47. The molecule has 2 heterocycles. The molecule has 5 rings (SSSR count). The van der Waals surface area contributed by atoms with Gasteiger partial charge in [-0.05, 0) is 30.9 Å². The Labute approximate surface area is 234 Å². The second-order valence-electron chi connectivity index (χ2n) is 10.1. The maximum atomic E-state index is 13.0. The van der Waals surface area contributed by atoms with Crippen molar-refractivity contribution in [3.8, 4) is 5.75 Å². The Morgan fingerprint density at radius 1 is 1.00 bits per heavy atom. The minimum absolute atomic E-state index is 0. The fourth-order valence-electron chi connectivity index (χ4n) is 4.43. The first kappa shape index (κ1) is 28.7. The maximum absolute atomic E-state index is 13.0. The SMILES string of the molecule is C.CC(C)(N)C(=O)N[C@H](COCc1ccccc1)c1nnc2n1CCN(C(=O)Oc1cccc3ccccc13)C2. The monoisotopic (exact) mass is 544 g/mol. The molecule has 1 aliphatic rings. The smallest absolute Gasteiger partial charge is 0.410 e. The van der Waals surface area contributed by atoms with Gasteiger partial charge in [0.15, 0.2) is 11.6 Å². The molecule has 210 valence electrons. The van der Waals surface area contributed by atoms with E-state index in [1.807, 2.05) is 71.3 Å². The number of ether oxygens (including phenoxy) is 2. The summed E-state index contributed by atoms with van der Waals surface area (Å²) in [5.41, 5.74) is 5.97. The van der Waals surface area contributed by atoms with E-state index < -0.39 is 17.7 Å². The largest absolute Gasteiger partial charge is 0.415 e. The molecule has 0 bridgehead atoms. The molecule has 4 aromatic rings. The van der Waals surface area contributed by atoms with E-state index in [2.05, 4.69) is 15.5 Å². The highest BCUT2D eigenvalue weighted by molar-refractivity contribution is 5.90. The lowest BCUT2D eigenvalue weighted by Crippen LogP contribution is -2.51. The first-order valence-corrected chi connectivity index (χ1v) is 12.9. The molecule has 1 aliphatic heterocycles. The molecule has 2 amide bonds. The molecule has 0 saturated heterocycles. The van der Waals surface area contributed by atoms with E-state index in [0.29, 0.717) is 37.1 Å². The Bertz CT molecular complexity index is 1460. The molecule has 40 heavy (non-hydrogen) atoms. The number of carbonyl (C=O) groups excluding carboxylic acids is 2. The second kappa shape index (κ2) is 12.3. The lowest BCUT2D eigenvalue weighted by molar-refractivity contribution is -0.126. The number of nitrogens with one attached hydrogen (secondary N) is 1. The van der Waals surface area contributed by atoms with Crippen molar-refractivity contribution in [3.63, 3.8) is 0 Å². The quantitative estimate of drug-likeness (QED) is 0.341. The minimum atomic E-state index is -1.08. The van der Waals surface area contributed by atoms with Crippen LogP contribution in [-0.4, -0.2) is 50.4 Å². The average Bonchev–Trinajstić information content (AvgIpc) is 3.36. The summed E-state index contributed by atoms with van der Waals surface area (Å²) in [6.07, 6.45) is -0.455. The minimum Gasteiger partial charge on any atom is -0.410 e. The number of aromatic nitrogens is 3. The first-order chi connectivity index (χ1) is 18.8. The maximum Gasteiger partial charge on any atom is 0.415 e. The van der Waals surface area contributed by atoms with Gasteiger partial charge in [0, 0.05) is 18.5 Å². The van der Waals surface area contributed by atoms with Gasteiger partial charge in [-0.15, -0.1) is 10.2 Å². The first-order valence-electron chi connectivity index (χ1n) is 12.9. The van der Waals surface area contributed by atoms with Gasteiger partial charge >= 0.3 is 6.09 Å². The molecular weight excluding hydrogens is 508 g/mol. The van der Waals surface area contributed by atoms with E-state index in [9.17, 15) is 9.59 Å². The number of hydrogen-bond donors (Lipinski definition) is 2. The van der Waals surface area contributed by atoms with Crippen molar-refractivity contribution < 1.29 is 19.1 Å². The van der Waals surface area contributed by atoms with Gasteiger partial charge in [-0.3, -0.25) is 9.69 Å². The van der Waals surface area contributed by atoms with Gasteiger partial charge in [0.25, 0.3) is 0 Å². The van der Waals surface area contributed by atoms with E-state index in [4.69, 9.17) is 15.2 Å². The van der Waals surface area contributed by atoms with Crippen molar-refractivity contribution in [1.29, 1.82) is 0 Å². The zero-order valence-corrected chi connectivity index (χ0v) is 22.0. The Morgan fingerprint density at radius 3 is 2.50 bits per heavy atom. The van der Waals surface area contributed by atoms with Gasteiger partial charge < -0.3 is 25.1 Å². The molecule has 10 heteroatoms. The van der Waals surface area contributed by atoms with Crippen LogP contribution < -0.4 is 15.8 Å². The van der Waals surface area contributed by atoms with Crippen molar-refractivity contribution in [2.75, 3.05) is 13.2 Å². The molecule has 0 aliphatic carbocycles. The van der Waals surface area contributed by atoms with E-state index in [-0.39, 0.29) is 26.5 Å². The standard InChI is InChI=1S/C29H32N6O4.CH4/c1-29(2,30)27(36)31-23(19-38-18-20-9-4-3-5-10-20)26-33-32-25-17-34(15-16-35(25)26)28(37)39-24-14-8-12-21-11-6-7-13-22(21)24;/h3-14,23H,15-19,30H2,1-2H3,(H,31,36);1H4/t23-;/m1./s1. The summed E-state index contributed by atoms with van der Waals surface area (Å²) in [4.78, 5) is 27.4. The predicted molar refractivity (Wildman–Crippen MR) is 152 cm³/mol. The highest BCUT2D eigenvalue weighted by Crippen LogP contribution is 2.26. The third-order valence-corrected chi connectivity index (χ3v) is 6.59. The van der Waals surface area contributed by atoms with Crippen LogP contribution >= 0.6 is 0 Å². The average molecular weight is 545 g/mol. The summed E-state index contributed by atoms with van der Waals surface area (Å²) in [5, 5.41) is 13.5. The number of hydrogen-bond acceptors (Lipinski definition) is 7. The van der Waals surface area contributed by atoms with Crippen molar-refractivity contribution in [3.05, 3.63) is 90.0 Å². The van der Waals surface area contributed by atoms with Gasteiger partial charge in [0.05, 0.1) is 25.3 Å². The van der Waals surface area contributed by atoms with Crippen LogP contribution in [0, 0.1) is 0 Å². The number of nitrogens with two attached hydrogens (primary N) is 1. The van der Waals surface area contributed by atoms with E-state index >= 15 is 0 Å². The molecule has 1 atom stereocenters. The fourth-order valence-corrected chi connectivity index (χ4v) is 4.43. The zero-order valence-electron chi connectivity index (χ0n) is 22.0. The summed E-state index contributed by atoms with van der Waals surface area (Å²) >= 11 is 0. The Kier molecular flexibility index (Phi) is 8.81. The van der Waals surface area contributed by atoms with Crippen LogP contribution in [-0.2, 0) is 29.2 Å². The fraction of sp³-hybridized carbons (Fsp3) is 0.333. The van der Waals surface area contributed by atoms with Crippen LogP contribution in [0.2, 0.25) is 0 Å². The number of benzene rings is 3. The van der Waals surface area contributed by atoms with Crippen LogP contribution in [0.25, 0.3) is 10.8 Å². The topological polar surface area (TPSA) is 125 Å². The lowest BCUT2D eigenvalue weighted by atomic mass is 10.1. The summed E-state index contributed by atoms with van der Waals surface area (Å²) in [7, 11) is 0. The summed E-state index contributed by atoms with van der Waals surface area (Å²) in [6.45, 7) is 4.92. The van der Waals surface area contributed by atoms with Crippen molar-refractivity contribution in [2.24, 2.45) is 5.73 Å². The lowest BCUT2D eigenvalue weighted by Gasteiger charge is -2.29. The molecule has 0 saturated carbocycles. The third-order valence-electron chi connectivity index (χ3n) is 6.59. The number of rotatable bonds is 8. The number of carbonyl (C=O) groups is 2. The molecule has 10 nitrogen and oxygen atoms in total. The molecule has 1 aromatic heterocycles. The summed E-state index contributed by atoms with van der Waals surface area (Å²) < 4.78 is 13.6. The summed E-state index contributed by atoms with van der Waals surface area (Å²) in [5.74, 6) is 1.33. The Balaban J connectivity index is 0.00000370. The van der Waals surface area contributed by atoms with Crippen LogP contribution in [0.5, 0.6) is 5.75 Å². The van der Waals surface area contributed by atoms with Gasteiger partial charge in [0.2, 0.25) is 5.91 Å².